The third kappa shape index (κ3) is 6.02. The van der Waals surface area contributed by atoms with Gasteiger partial charge in [0, 0.05) is 11.6 Å². The lowest BCUT2D eigenvalue weighted by atomic mass is 9.84. The molecule has 0 radical (unpaired) electrons. The Balaban J connectivity index is 0.00000288. The number of ether oxygens (including phenoxy) is 1. The molecule has 134 valence electrons. The summed E-state index contributed by atoms with van der Waals surface area (Å²) in [5.74, 6) is 0.511. The van der Waals surface area contributed by atoms with Crippen molar-refractivity contribution >= 4 is 24.2 Å². The van der Waals surface area contributed by atoms with Crippen LogP contribution in [0.15, 0.2) is 24.3 Å². The van der Waals surface area contributed by atoms with Gasteiger partial charge in [0.15, 0.2) is 0 Å². The van der Waals surface area contributed by atoms with Gasteiger partial charge in [-0.05, 0) is 49.6 Å². The van der Waals surface area contributed by atoms with Crippen molar-refractivity contribution in [2.45, 2.75) is 38.1 Å². The topological polar surface area (TPSA) is 107 Å². The van der Waals surface area contributed by atoms with Crippen LogP contribution in [0.4, 0.5) is 0 Å². The fourth-order valence-corrected chi connectivity index (χ4v) is 2.94. The molecule has 5 N–H and O–H groups in total. The van der Waals surface area contributed by atoms with Crippen LogP contribution in [0.25, 0.3) is 0 Å². The first kappa shape index (κ1) is 20.3. The van der Waals surface area contributed by atoms with Gasteiger partial charge in [-0.15, -0.1) is 12.4 Å². The number of primary amides is 1. The maximum absolute atomic E-state index is 12.0. The smallest absolute Gasteiger partial charge is 0.248 e. The summed E-state index contributed by atoms with van der Waals surface area (Å²) in [4.78, 5) is 23.0. The van der Waals surface area contributed by atoms with E-state index in [1.807, 2.05) is 0 Å². The maximum atomic E-state index is 12.0. The first-order valence-corrected chi connectivity index (χ1v) is 8.12. The summed E-state index contributed by atoms with van der Waals surface area (Å²) in [6, 6.07) is 6.74. The van der Waals surface area contributed by atoms with Crippen LogP contribution in [-0.4, -0.2) is 31.0 Å². The van der Waals surface area contributed by atoms with Gasteiger partial charge in [-0.3, -0.25) is 9.59 Å². The summed E-state index contributed by atoms with van der Waals surface area (Å²) >= 11 is 0. The lowest BCUT2D eigenvalue weighted by Gasteiger charge is -2.31. The highest BCUT2D eigenvalue weighted by molar-refractivity contribution is 5.92. The lowest BCUT2D eigenvalue weighted by molar-refractivity contribution is -0.122. The van der Waals surface area contributed by atoms with Crippen molar-refractivity contribution in [3.8, 4) is 5.75 Å². The van der Waals surface area contributed by atoms with Crippen molar-refractivity contribution in [1.82, 2.24) is 5.32 Å². The molecule has 0 aliphatic heterocycles. The second kappa shape index (κ2) is 10.2. The van der Waals surface area contributed by atoms with Crippen molar-refractivity contribution < 1.29 is 14.3 Å². The molecule has 0 saturated heterocycles. The first-order chi connectivity index (χ1) is 11.1. The van der Waals surface area contributed by atoms with Gasteiger partial charge in [0.1, 0.15) is 5.75 Å². The summed E-state index contributed by atoms with van der Waals surface area (Å²) in [6.07, 6.45) is 4.72. The Morgan fingerprint density at radius 3 is 2.46 bits per heavy atom. The third-order valence-electron chi connectivity index (χ3n) is 4.29. The highest BCUT2D eigenvalue weighted by Gasteiger charge is 2.25. The molecule has 7 heteroatoms. The standard InChI is InChI=1S/C17H25N3O3.ClH/c18-11-13-3-1-2-4-15(13)20-16(21)9-10-23-14-7-5-12(6-8-14)17(19)22;/h5-8,13,15H,1-4,9-11,18H2,(H2,19,22)(H,20,21);1H. The van der Waals surface area contributed by atoms with E-state index in [0.717, 1.165) is 19.3 Å². The molecule has 1 saturated carbocycles. The van der Waals surface area contributed by atoms with Crippen molar-refractivity contribution in [1.29, 1.82) is 0 Å². The number of hydrogen-bond acceptors (Lipinski definition) is 4. The van der Waals surface area contributed by atoms with Crippen molar-refractivity contribution in [2.75, 3.05) is 13.2 Å². The van der Waals surface area contributed by atoms with Crippen LogP contribution in [0.1, 0.15) is 42.5 Å². The van der Waals surface area contributed by atoms with Crippen LogP contribution in [0.2, 0.25) is 0 Å². The van der Waals surface area contributed by atoms with Crippen LogP contribution >= 0.6 is 12.4 Å². The average Bonchev–Trinajstić information content (AvgIpc) is 2.56. The highest BCUT2D eigenvalue weighted by atomic mass is 35.5. The fourth-order valence-electron chi connectivity index (χ4n) is 2.94. The minimum Gasteiger partial charge on any atom is -0.493 e. The maximum Gasteiger partial charge on any atom is 0.248 e. The molecule has 2 amide bonds. The molecule has 2 atom stereocenters. The van der Waals surface area contributed by atoms with Gasteiger partial charge < -0.3 is 21.5 Å². The summed E-state index contributed by atoms with van der Waals surface area (Å²) in [7, 11) is 0. The Bertz CT molecular complexity index is 536. The molecular formula is C17H26ClN3O3. The number of nitrogens with one attached hydrogen (secondary N) is 1. The Morgan fingerprint density at radius 2 is 1.83 bits per heavy atom. The number of halogens is 1. The SMILES string of the molecule is Cl.NCC1CCCCC1NC(=O)CCOc1ccc(C(N)=O)cc1. The second-order valence-electron chi connectivity index (χ2n) is 5.94. The molecule has 1 fully saturated rings. The second-order valence-corrected chi connectivity index (χ2v) is 5.94. The molecule has 2 unspecified atom stereocenters. The molecule has 2 rings (SSSR count). The molecule has 0 spiro atoms. The molecule has 1 aliphatic carbocycles. The van der Waals surface area contributed by atoms with Crippen molar-refractivity contribution in [3.05, 3.63) is 29.8 Å². The predicted octanol–water partition coefficient (Wildman–Crippen LogP) is 1.61. The van der Waals surface area contributed by atoms with E-state index in [2.05, 4.69) is 5.32 Å². The summed E-state index contributed by atoms with van der Waals surface area (Å²) in [5.41, 5.74) is 11.4. The molecule has 0 bridgehead atoms. The monoisotopic (exact) mass is 355 g/mol. The molecular weight excluding hydrogens is 330 g/mol. The highest BCUT2D eigenvalue weighted by Crippen LogP contribution is 2.23. The van der Waals surface area contributed by atoms with E-state index in [1.54, 1.807) is 24.3 Å². The van der Waals surface area contributed by atoms with Gasteiger partial charge in [-0.25, -0.2) is 0 Å². The van der Waals surface area contributed by atoms with Gasteiger partial charge >= 0.3 is 0 Å². The predicted molar refractivity (Wildman–Crippen MR) is 95.3 cm³/mol. The number of carbonyl (C=O) groups excluding carboxylic acids is 2. The van der Waals surface area contributed by atoms with E-state index < -0.39 is 5.91 Å². The first-order valence-electron chi connectivity index (χ1n) is 8.12. The van der Waals surface area contributed by atoms with Crippen LogP contribution < -0.4 is 21.5 Å². The van der Waals surface area contributed by atoms with Crippen molar-refractivity contribution in [3.63, 3.8) is 0 Å². The molecule has 1 aromatic rings. The number of carbonyl (C=O) groups is 2. The number of rotatable bonds is 7. The Kier molecular flexibility index (Phi) is 8.57. The Morgan fingerprint density at radius 1 is 1.17 bits per heavy atom. The summed E-state index contributed by atoms with van der Waals surface area (Å²) in [5, 5.41) is 3.07. The zero-order valence-electron chi connectivity index (χ0n) is 13.7. The zero-order chi connectivity index (χ0) is 16.7. The number of amides is 2. The lowest BCUT2D eigenvalue weighted by Crippen LogP contribution is -2.45. The zero-order valence-corrected chi connectivity index (χ0v) is 14.5. The number of benzene rings is 1. The van der Waals surface area contributed by atoms with Gasteiger partial charge in [0.2, 0.25) is 11.8 Å². The van der Waals surface area contributed by atoms with Gasteiger partial charge in [0.25, 0.3) is 0 Å². The molecule has 6 nitrogen and oxygen atoms in total. The van der Waals surface area contributed by atoms with Gasteiger partial charge in [-0.1, -0.05) is 12.8 Å². The Labute approximate surface area is 148 Å². The number of hydrogen-bond donors (Lipinski definition) is 3. The minimum atomic E-state index is -0.474. The normalized spacial score (nSPS) is 19.9. The summed E-state index contributed by atoms with van der Waals surface area (Å²) in [6.45, 7) is 0.912. The minimum absolute atomic E-state index is 0. The van der Waals surface area contributed by atoms with E-state index >= 15 is 0 Å². The van der Waals surface area contributed by atoms with E-state index in [9.17, 15) is 9.59 Å². The van der Waals surface area contributed by atoms with E-state index in [0.29, 0.717) is 36.8 Å². The van der Waals surface area contributed by atoms with Crippen LogP contribution in [0.3, 0.4) is 0 Å². The van der Waals surface area contributed by atoms with Crippen LogP contribution in [-0.2, 0) is 4.79 Å². The van der Waals surface area contributed by atoms with Crippen LogP contribution in [0, 0.1) is 5.92 Å². The summed E-state index contributed by atoms with van der Waals surface area (Å²) < 4.78 is 5.52. The molecule has 0 aromatic heterocycles. The molecule has 0 heterocycles. The third-order valence-corrected chi connectivity index (χ3v) is 4.29. The van der Waals surface area contributed by atoms with Crippen molar-refractivity contribution in [2.24, 2.45) is 17.4 Å². The van der Waals surface area contributed by atoms with Crippen LogP contribution in [0.5, 0.6) is 5.75 Å². The molecule has 1 aliphatic rings. The number of nitrogens with two attached hydrogens (primary N) is 2. The van der Waals surface area contributed by atoms with E-state index in [4.69, 9.17) is 16.2 Å². The quantitative estimate of drug-likeness (QED) is 0.690. The largest absolute Gasteiger partial charge is 0.493 e. The fraction of sp³-hybridized carbons (Fsp3) is 0.529. The van der Waals surface area contributed by atoms with E-state index in [-0.39, 0.29) is 24.4 Å². The molecule has 24 heavy (non-hydrogen) atoms. The van der Waals surface area contributed by atoms with Gasteiger partial charge in [-0.2, -0.15) is 0 Å². The van der Waals surface area contributed by atoms with Gasteiger partial charge in [0.05, 0.1) is 13.0 Å². The average molecular weight is 356 g/mol. The Hall–Kier alpha value is -1.79. The molecule has 1 aromatic carbocycles. The van der Waals surface area contributed by atoms with E-state index in [1.165, 1.54) is 6.42 Å².